The van der Waals surface area contributed by atoms with E-state index in [4.69, 9.17) is 17.3 Å². The summed E-state index contributed by atoms with van der Waals surface area (Å²) in [5.41, 5.74) is 0.0764. The quantitative estimate of drug-likeness (QED) is 0.438. The molecule has 3 aliphatic rings. The first kappa shape index (κ1) is 5.61. The van der Waals surface area contributed by atoms with Crippen molar-refractivity contribution in [2.75, 3.05) is 0 Å². The average Bonchev–Trinajstić information content (AvgIpc) is 1.97. The highest BCUT2D eigenvalue weighted by molar-refractivity contribution is 6.11. The SMILES string of the molecule is [B]C1OC2(C)CC3OC1C32. The van der Waals surface area contributed by atoms with Gasteiger partial charge in [-0.1, -0.05) is 0 Å². The molecule has 52 valence electrons. The zero-order chi connectivity index (χ0) is 6.93. The highest BCUT2D eigenvalue weighted by atomic mass is 16.6. The van der Waals surface area contributed by atoms with E-state index in [1.54, 1.807) is 0 Å². The van der Waals surface area contributed by atoms with Gasteiger partial charge in [-0.15, -0.1) is 0 Å². The van der Waals surface area contributed by atoms with Crippen LogP contribution in [0.2, 0.25) is 0 Å². The third kappa shape index (κ3) is 0.381. The molecule has 0 amide bonds. The van der Waals surface area contributed by atoms with E-state index in [1.165, 1.54) is 0 Å². The van der Waals surface area contributed by atoms with Crippen LogP contribution in [0.5, 0.6) is 0 Å². The summed E-state index contributed by atoms with van der Waals surface area (Å²) in [4.78, 5) is 0. The maximum atomic E-state index is 5.67. The van der Waals surface area contributed by atoms with Crippen molar-refractivity contribution in [2.45, 2.75) is 37.2 Å². The van der Waals surface area contributed by atoms with Crippen molar-refractivity contribution in [1.82, 2.24) is 0 Å². The Balaban J connectivity index is 1.97. The Morgan fingerprint density at radius 3 is 2.90 bits per heavy atom. The van der Waals surface area contributed by atoms with Gasteiger partial charge in [0.15, 0.2) is 0 Å². The highest BCUT2D eigenvalue weighted by Crippen LogP contribution is 2.59. The molecule has 3 rings (SSSR count). The lowest BCUT2D eigenvalue weighted by Gasteiger charge is -2.56. The van der Waals surface area contributed by atoms with E-state index < -0.39 is 0 Å². The van der Waals surface area contributed by atoms with Crippen LogP contribution in [-0.2, 0) is 9.47 Å². The van der Waals surface area contributed by atoms with Crippen molar-refractivity contribution in [3.63, 3.8) is 0 Å². The molecule has 2 aliphatic heterocycles. The molecule has 2 heterocycles. The lowest BCUT2D eigenvalue weighted by molar-refractivity contribution is -0.259. The molecule has 0 aromatic heterocycles. The molecule has 1 aliphatic carbocycles. The Kier molecular flexibility index (Phi) is 0.730. The molecule has 0 aromatic rings. The van der Waals surface area contributed by atoms with Gasteiger partial charge in [0.1, 0.15) is 7.85 Å². The van der Waals surface area contributed by atoms with E-state index in [1.807, 2.05) is 0 Å². The number of ether oxygens (including phenoxy) is 2. The van der Waals surface area contributed by atoms with Crippen molar-refractivity contribution in [2.24, 2.45) is 5.92 Å². The van der Waals surface area contributed by atoms with Crippen LogP contribution < -0.4 is 0 Å². The molecule has 0 bridgehead atoms. The van der Waals surface area contributed by atoms with Crippen LogP contribution in [-0.4, -0.2) is 31.7 Å². The summed E-state index contributed by atoms with van der Waals surface area (Å²) in [6, 6.07) is -0.159. The van der Waals surface area contributed by atoms with Gasteiger partial charge in [0.25, 0.3) is 0 Å². The molecule has 2 saturated heterocycles. The Bertz CT molecular complexity index is 196. The first-order chi connectivity index (χ1) is 4.71. The summed E-state index contributed by atoms with van der Waals surface area (Å²) < 4.78 is 11.0. The third-order valence-corrected chi connectivity index (χ3v) is 3.13. The van der Waals surface area contributed by atoms with Gasteiger partial charge in [0.2, 0.25) is 0 Å². The summed E-state index contributed by atoms with van der Waals surface area (Å²) in [6.45, 7) is 2.14. The van der Waals surface area contributed by atoms with Crippen molar-refractivity contribution >= 4 is 7.85 Å². The second-order valence-corrected chi connectivity index (χ2v) is 3.76. The molecular weight excluding hydrogens is 127 g/mol. The summed E-state index contributed by atoms with van der Waals surface area (Å²) in [6.07, 6.45) is 1.73. The predicted octanol–water partition coefficient (Wildman–Crippen LogP) is 0.0572. The molecule has 0 N–H and O–H groups in total. The smallest absolute Gasteiger partial charge is 0.112 e. The zero-order valence-electron chi connectivity index (χ0n) is 5.91. The molecule has 3 fully saturated rings. The van der Waals surface area contributed by atoms with E-state index in [9.17, 15) is 0 Å². The van der Waals surface area contributed by atoms with Crippen LogP contribution in [0.1, 0.15) is 13.3 Å². The summed E-state index contributed by atoms with van der Waals surface area (Å²) in [5.74, 6) is 0.613. The standard InChI is InChI=1S/C7H9BO2/c1-7-2-3-4(7)5(9-3)6(8)10-7/h3-6H,2H2,1H3. The van der Waals surface area contributed by atoms with E-state index in [0.717, 1.165) is 6.42 Å². The number of hydrogen-bond donors (Lipinski definition) is 0. The molecular formula is C7H9BO2. The van der Waals surface area contributed by atoms with Crippen molar-refractivity contribution in [3.05, 3.63) is 0 Å². The Labute approximate surface area is 61.3 Å². The van der Waals surface area contributed by atoms with Crippen molar-refractivity contribution in [3.8, 4) is 0 Å². The topological polar surface area (TPSA) is 18.5 Å². The molecule has 10 heavy (non-hydrogen) atoms. The Morgan fingerprint density at radius 2 is 2.40 bits per heavy atom. The number of rotatable bonds is 0. The number of hydrogen-bond acceptors (Lipinski definition) is 2. The maximum absolute atomic E-state index is 5.67. The van der Waals surface area contributed by atoms with E-state index >= 15 is 0 Å². The highest BCUT2D eigenvalue weighted by Gasteiger charge is 2.69. The summed E-state index contributed by atoms with van der Waals surface area (Å²) in [5, 5.41) is 0. The van der Waals surface area contributed by atoms with Crippen LogP contribution >= 0.6 is 0 Å². The van der Waals surface area contributed by atoms with Gasteiger partial charge in [-0.3, -0.25) is 0 Å². The van der Waals surface area contributed by atoms with Gasteiger partial charge in [0.05, 0.1) is 17.8 Å². The van der Waals surface area contributed by atoms with Gasteiger partial charge in [-0.2, -0.15) is 0 Å². The van der Waals surface area contributed by atoms with E-state index in [0.29, 0.717) is 12.0 Å². The lowest BCUT2D eigenvalue weighted by Crippen LogP contribution is -2.66. The third-order valence-electron chi connectivity index (χ3n) is 3.13. The fraction of sp³-hybridized carbons (Fsp3) is 1.00. The summed E-state index contributed by atoms with van der Waals surface area (Å²) in [7, 11) is 5.67. The molecule has 0 spiro atoms. The van der Waals surface area contributed by atoms with Gasteiger partial charge in [0, 0.05) is 18.3 Å². The summed E-state index contributed by atoms with van der Waals surface area (Å²) >= 11 is 0. The first-order valence-corrected chi connectivity index (χ1v) is 3.80. The zero-order valence-corrected chi connectivity index (χ0v) is 5.91. The minimum Gasteiger partial charge on any atom is -0.379 e. The first-order valence-electron chi connectivity index (χ1n) is 3.80. The maximum Gasteiger partial charge on any atom is 0.112 e. The van der Waals surface area contributed by atoms with Gasteiger partial charge < -0.3 is 9.47 Å². The second kappa shape index (κ2) is 1.30. The molecule has 2 nitrogen and oxygen atoms in total. The van der Waals surface area contributed by atoms with Crippen LogP contribution in [0, 0.1) is 5.92 Å². The average molecular weight is 136 g/mol. The van der Waals surface area contributed by atoms with Gasteiger partial charge in [-0.25, -0.2) is 0 Å². The minimum absolute atomic E-state index is 0.0764. The minimum atomic E-state index is -0.159. The predicted molar refractivity (Wildman–Crippen MR) is 35.8 cm³/mol. The van der Waals surface area contributed by atoms with Gasteiger partial charge in [-0.05, 0) is 6.92 Å². The Hall–Kier alpha value is -0.0151. The van der Waals surface area contributed by atoms with Crippen molar-refractivity contribution < 1.29 is 9.47 Å². The molecule has 0 aromatic carbocycles. The van der Waals surface area contributed by atoms with Gasteiger partial charge >= 0.3 is 0 Å². The van der Waals surface area contributed by atoms with E-state index in [-0.39, 0.29) is 17.7 Å². The van der Waals surface area contributed by atoms with Crippen LogP contribution in [0.4, 0.5) is 0 Å². The fourth-order valence-electron chi connectivity index (χ4n) is 2.57. The normalized spacial score (nSPS) is 70.1. The molecule has 5 atom stereocenters. The van der Waals surface area contributed by atoms with Crippen LogP contribution in [0.15, 0.2) is 0 Å². The van der Waals surface area contributed by atoms with E-state index in [2.05, 4.69) is 6.92 Å². The van der Waals surface area contributed by atoms with Crippen molar-refractivity contribution in [1.29, 1.82) is 0 Å². The molecule has 1 saturated carbocycles. The fourth-order valence-corrected chi connectivity index (χ4v) is 2.57. The molecule has 2 radical (unpaired) electrons. The monoisotopic (exact) mass is 136 g/mol. The molecule has 5 unspecified atom stereocenters. The largest absolute Gasteiger partial charge is 0.379 e. The molecule has 3 heteroatoms. The van der Waals surface area contributed by atoms with Crippen LogP contribution in [0.3, 0.4) is 0 Å². The second-order valence-electron chi connectivity index (χ2n) is 3.76. The lowest BCUT2D eigenvalue weighted by atomic mass is 9.62. The van der Waals surface area contributed by atoms with Crippen LogP contribution in [0.25, 0.3) is 0 Å². The Morgan fingerprint density at radius 1 is 1.60 bits per heavy atom.